The SMILES string of the molecule is CCc1nn(C)c(CC)c1CNC(=NC)NC1CCCN(c2cccc(OC)c2)C1.I. The van der Waals surface area contributed by atoms with Gasteiger partial charge in [-0.1, -0.05) is 19.9 Å². The first kappa shape index (κ1) is 25.3. The minimum atomic E-state index is 0. The smallest absolute Gasteiger partial charge is 0.191 e. The number of rotatable bonds is 7. The van der Waals surface area contributed by atoms with Crippen molar-refractivity contribution in [3.63, 3.8) is 0 Å². The summed E-state index contributed by atoms with van der Waals surface area (Å²) in [6.07, 6.45) is 4.20. The van der Waals surface area contributed by atoms with Crippen LogP contribution in [0.25, 0.3) is 0 Å². The van der Waals surface area contributed by atoms with E-state index >= 15 is 0 Å². The molecule has 1 aliphatic heterocycles. The number of aryl methyl sites for hydroxylation is 2. The monoisotopic (exact) mass is 540 g/mol. The molecule has 2 heterocycles. The third-order valence-corrected chi connectivity index (χ3v) is 5.86. The van der Waals surface area contributed by atoms with E-state index in [1.54, 1.807) is 7.11 Å². The van der Waals surface area contributed by atoms with Crippen LogP contribution in [-0.4, -0.2) is 49.0 Å². The molecule has 2 aromatic rings. The highest BCUT2D eigenvalue weighted by Gasteiger charge is 2.22. The molecule has 0 saturated carbocycles. The summed E-state index contributed by atoms with van der Waals surface area (Å²) in [5, 5.41) is 11.8. The Labute approximate surface area is 203 Å². The van der Waals surface area contributed by atoms with Gasteiger partial charge in [-0.15, -0.1) is 24.0 Å². The predicted molar refractivity (Wildman–Crippen MR) is 139 cm³/mol. The topological polar surface area (TPSA) is 66.7 Å². The van der Waals surface area contributed by atoms with Gasteiger partial charge in [0.1, 0.15) is 5.75 Å². The predicted octanol–water partition coefficient (Wildman–Crippen LogP) is 3.51. The van der Waals surface area contributed by atoms with E-state index in [9.17, 15) is 0 Å². The zero-order valence-corrected chi connectivity index (χ0v) is 21.8. The molecule has 2 N–H and O–H groups in total. The molecule has 1 aromatic carbocycles. The number of aliphatic imine (C=N–C) groups is 1. The van der Waals surface area contributed by atoms with E-state index < -0.39 is 0 Å². The van der Waals surface area contributed by atoms with Crippen molar-refractivity contribution in [3.05, 3.63) is 41.2 Å². The molecule has 1 aromatic heterocycles. The molecule has 0 bridgehead atoms. The maximum atomic E-state index is 5.39. The number of methoxy groups -OCH3 is 1. The summed E-state index contributed by atoms with van der Waals surface area (Å²) in [4.78, 5) is 6.89. The third kappa shape index (κ3) is 6.27. The van der Waals surface area contributed by atoms with Crippen LogP contribution >= 0.6 is 24.0 Å². The van der Waals surface area contributed by atoms with Gasteiger partial charge < -0.3 is 20.3 Å². The average Bonchev–Trinajstić information content (AvgIpc) is 3.11. The largest absolute Gasteiger partial charge is 0.497 e. The van der Waals surface area contributed by atoms with E-state index in [0.717, 1.165) is 57.0 Å². The minimum Gasteiger partial charge on any atom is -0.497 e. The Bertz CT molecular complexity index is 866. The lowest BCUT2D eigenvalue weighted by Gasteiger charge is -2.35. The normalized spacial score (nSPS) is 16.6. The Morgan fingerprint density at radius 2 is 2.10 bits per heavy atom. The van der Waals surface area contributed by atoms with Gasteiger partial charge in [0.2, 0.25) is 0 Å². The number of halogens is 1. The number of hydrogen-bond donors (Lipinski definition) is 2. The first-order valence-electron chi connectivity index (χ1n) is 11.0. The molecule has 0 amide bonds. The van der Waals surface area contributed by atoms with E-state index in [1.165, 1.54) is 22.6 Å². The van der Waals surface area contributed by atoms with Gasteiger partial charge in [-0.25, -0.2) is 0 Å². The zero-order chi connectivity index (χ0) is 21.5. The van der Waals surface area contributed by atoms with Gasteiger partial charge >= 0.3 is 0 Å². The van der Waals surface area contributed by atoms with Gasteiger partial charge in [0.15, 0.2) is 5.96 Å². The van der Waals surface area contributed by atoms with Crippen LogP contribution in [0.2, 0.25) is 0 Å². The van der Waals surface area contributed by atoms with Crippen LogP contribution in [0.15, 0.2) is 29.3 Å². The fourth-order valence-corrected chi connectivity index (χ4v) is 4.29. The van der Waals surface area contributed by atoms with Crippen LogP contribution in [0, 0.1) is 0 Å². The second kappa shape index (κ2) is 12.2. The summed E-state index contributed by atoms with van der Waals surface area (Å²) >= 11 is 0. The number of aromatic nitrogens is 2. The molecule has 0 spiro atoms. The molecule has 7 nitrogen and oxygen atoms in total. The molecule has 31 heavy (non-hydrogen) atoms. The molecular formula is C23H37IN6O. The highest BCUT2D eigenvalue weighted by atomic mass is 127. The van der Waals surface area contributed by atoms with Gasteiger partial charge in [-0.05, 0) is 37.8 Å². The van der Waals surface area contributed by atoms with Crippen LogP contribution in [0.3, 0.4) is 0 Å². The standard InChI is InChI=1S/C23H36N6O.HI/c1-6-21-20(22(7-2)28(4)27-21)15-25-23(24-3)26-17-10-9-13-29(16-17)18-11-8-12-19(14-18)30-5;/h8,11-12,14,17H,6-7,9-10,13,15-16H2,1-5H3,(H2,24,25,26);1H. The summed E-state index contributed by atoms with van der Waals surface area (Å²) in [6.45, 7) is 7.09. The van der Waals surface area contributed by atoms with Gasteiger partial charge in [0, 0.05) is 62.8 Å². The fraction of sp³-hybridized carbons (Fsp3) is 0.565. The third-order valence-electron chi connectivity index (χ3n) is 5.86. The van der Waals surface area contributed by atoms with Gasteiger partial charge in [-0.2, -0.15) is 5.10 Å². The van der Waals surface area contributed by atoms with Crippen LogP contribution in [0.4, 0.5) is 5.69 Å². The van der Waals surface area contributed by atoms with Gasteiger partial charge in [0.05, 0.1) is 12.8 Å². The van der Waals surface area contributed by atoms with Crippen molar-refractivity contribution < 1.29 is 4.74 Å². The maximum Gasteiger partial charge on any atom is 0.191 e. The molecule has 1 saturated heterocycles. The van der Waals surface area contributed by atoms with Crippen molar-refractivity contribution in [2.45, 2.75) is 52.1 Å². The van der Waals surface area contributed by atoms with Crippen molar-refractivity contribution in [2.75, 3.05) is 32.1 Å². The highest BCUT2D eigenvalue weighted by molar-refractivity contribution is 14.0. The van der Waals surface area contributed by atoms with Crippen LogP contribution in [0.5, 0.6) is 5.75 Å². The van der Waals surface area contributed by atoms with Gasteiger partial charge in [0.25, 0.3) is 0 Å². The Balaban J connectivity index is 0.00000341. The number of nitrogens with zero attached hydrogens (tertiary/aromatic N) is 4. The summed E-state index contributed by atoms with van der Waals surface area (Å²) in [6, 6.07) is 8.65. The van der Waals surface area contributed by atoms with E-state index in [1.807, 2.05) is 24.8 Å². The molecule has 3 rings (SSSR count). The maximum absolute atomic E-state index is 5.39. The molecular weight excluding hydrogens is 503 g/mol. The lowest BCUT2D eigenvalue weighted by molar-refractivity contribution is 0.414. The molecule has 1 fully saturated rings. The Morgan fingerprint density at radius 3 is 2.77 bits per heavy atom. The highest BCUT2D eigenvalue weighted by Crippen LogP contribution is 2.24. The second-order valence-electron chi connectivity index (χ2n) is 7.76. The molecule has 1 aliphatic rings. The van der Waals surface area contributed by atoms with E-state index in [2.05, 4.69) is 57.7 Å². The average molecular weight is 540 g/mol. The molecule has 0 aliphatic carbocycles. The number of hydrogen-bond acceptors (Lipinski definition) is 4. The molecule has 8 heteroatoms. The van der Waals surface area contributed by atoms with Crippen molar-refractivity contribution in [1.29, 1.82) is 0 Å². The summed E-state index contributed by atoms with van der Waals surface area (Å²) in [7, 11) is 5.58. The number of ether oxygens (including phenoxy) is 1. The lowest BCUT2D eigenvalue weighted by atomic mass is 10.0. The number of piperidine rings is 1. The second-order valence-corrected chi connectivity index (χ2v) is 7.76. The Morgan fingerprint density at radius 1 is 1.29 bits per heavy atom. The number of nitrogens with one attached hydrogen (secondary N) is 2. The quantitative estimate of drug-likeness (QED) is 0.320. The Hall–Kier alpha value is -1.97. The minimum absolute atomic E-state index is 0. The number of benzene rings is 1. The summed E-state index contributed by atoms with van der Waals surface area (Å²) in [5.74, 6) is 1.75. The van der Waals surface area contributed by atoms with Crippen LogP contribution < -0.4 is 20.3 Å². The summed E-state index contributed by atoms with van der Waals surface area (Å²) in [5.41, 5.74) is 4.96. The number of anilines is 1. The van der Waals surface area contributed by atoms with Crippen LogP contribution in [-0.2, 0) is 26.4 Å². The van der Waals surface area contributed by atoms with E-state index in [-0.39, 0.29) is 24.0 Å². The molecule has 172 valence electrons. The van der Waals surface area contributed by atoms with Crippen molar-refractivity contribution in [2.24, 2.45) is 12.0 Å². The van der Waals surface area contributed by atoms with Gasteiger partial charge in [-0.3, -0.25) is 9.67 Å². The molecule has 0 radical (unpaired) electrons. The first-order valence-corrected chi connectivity index (χ1v) is 11.0. The van der Waals surface area contributed by atoms with E-state index in [4.69, 9.17) is 4.74 Å². The van der Waals surface area contributed by atoms with Crippen molar-refractivity contribution in [3.8, 4) is 5.75 Å². The Kier molecular flexibility index (Phi) is 9.93. The van der Waals surface area contributed by atoms with Crippen LogP contribution in [0.1, 0.15) is 43.6 Å². The molecule has 1 atom stereocenters. The zero-order valence-electron chi connectivity index (χ0n) is 19.4. The van der Waals surface area contributed by atoms with Crippen molar-refractivity contribution >= 4 is 35.6 Å². The number of guanidine groups is 1. The van der Waals surface area contributed by atoms with Crippen molar-refractivity contribution in [1.82, 2.24) is 20.4 Å². The fourth-order valence-electron chi connectivity index (χ4n) is 4.29. The first-order chi connectivity index (χ1) is 14.6. The molecule has 1 unspecified atom stereocenters. The van der Waals surface area contributed by atoms with E-state index in [0.29, 0.717) is 6.04 Å². The lowest BCUT2D eigenvalue weighted by Crippen LogP contribution is -2.51. The summed E-state index contributed by atoms with van der Waals surface area (Å²) < 4.78 is 7.40.